The number of carbonyl (C=O) groups excluding carboxylic acids is 2. The molecule has 0 radical (unpaired) electrons. The fourth-order valence-corrected chi connectivity index (χ4v) is 3.34. The van der Waals surface area contributed by atoms with Crippen LogP contribution in [0.5, 0.6) is 0 Å². The molecular weight excluding hydrogens is 390 g/mol. The Balaban J connectivity index is 1.45. The lowest BCUT2D eigenvalue weighted by molar-refractivity contribution is -0.119. The van der Waals surface area contributed by atoms with Crippen molar-refractivity contribution < 1.29 is 14.1 Å². The molecule has 29 heavy (non-hydrogen) atoms. The van der Waals surface area contributed by atoms with E-state index >= 15 is 0 Å². The highest BCUT2D eigenvalue weighted by atomic mass is 32.2. The van der Waals surface area contributed by atoms with Crippen molar-refractivity contribution >= 4 is 29.4 Å². The van der Waals surface area contributed by atoms with Gasteiger partial charge in [-0.2, -0.15) is 0 Å². The Morgan fingerprint density at radius 1 is 1.24 bits per heavy atom. The Hall–Kier alpha value is -3.07. The van der Waals surface area contributed by atoms with Gasteiger partial charge in [-0.15, -0.1) is 11.8 Å². The van der Waals surface area contributed by atoms with Crippen LogP contribution in [-0.4, -0.2) is 37.5 Å². The Bertz CT molecular complexity index is 953. The lowest BCUT2D eigenvalue weighted by Crippen LogP contribution is -2.30. The van der Waals surface area contributed by atoms with Crippen LogP contribution in [-0.2, 0) is 9.59 Å². The summed E-state index contributed by atoms with van der Waals surface area (Å²) in [6.45, 7) is 5.42. The third-order valence-electron chi connectivity index (χ3n) is 4.29. The molecule has 2 atom stereocenters. The van der Waals surface area contributed by atoms with Crippen molar-refractivity contribution in [3.8, 4) is 5.69 Å². The molecule has 0 fully saturated rings. The third kappa shape index (κ3) is 5.71. The molecule has 0 saturated heterocycles. The van der Waals surface area contributed by atoms with Gasteiger partial charge in [0.15, 0.2) is 5.82 Å². The van der Waals surface area contributed by atoms with Crippen LogP contribution in [0.15, 0.2) is 53.6 Å². The summed E-state index contributed by atoms with van der Waals surface area (Å²) < 4.78 is 6.83. The van der Waals surface area contributed by atoms with E-state index in [4.69, 9.17) is 4.52 Å². The molecule has 2 amide bonds. The van der Waals surface area contributed by atoms with E-state index in [0.717, 1.165) is 11.3 Å². The normalized spacial score (nSPS) is 12.9. The van der Waals surface area contributed by atoms with Crippen LogP contribution in [0.1, 0.15) is 31.2 Å². The molecule has 0 bridgehead atoms. The maximum atomic E-state index is 12.3. The van der Waals surface area contributed by atoms with E-state index in [9.17, 15) is 9.59 Å². The summed E-state index contributed by atoms with van der Waals surface area (Å²) in [6, 6.07) is 9.41. The number of imidazole rings is 1. The number of thioether (sulfide) groups is 1. The van der Waals surface area contributed by atoms with Gasteiger partial charge in [0, 0.05) is 24.1 Å². The van der Waals surface area contributed by atoms with Crippen LogP contribution in [0.4, 0.5) is 5.82 Å². The molecule has 3 aromatic rings. The first-order valence-electron chi connectivity index (χ1n) is 9.16. The largest absolute Gasteiger partial charge is 0.360 e. The molecule has 1 aromatic carbocycles. The maximum absolute atomic E-state index is 12.3. The summed E-state index contributed by atoms with van der Waals surface area (Å²) in [5, 5.41) is 8.95. The molecule has 9 heteroatoms. The molecule has 0 aliphatic heterocycles. The van der Waals surface area contributed by atoms with Crippen LogP contribution in [0.3, 0.4) is 0 Å². The quantitative estimate of drug-likeness (QED) is 0.588. The summed E-state index contributed by atoms with van der Waals surface area (Å²) in [5.41, 5.74) is 2.00. The van der Waals surface area contributed by atoms with Gasteiger partial charge in [0.1, 0.15) is 5.76 Å². The van der Waals surface area contributed by atoms with Crippen LogP contribution in [0, 0.1) is 6.92 Å². The number of carbonyl (C=O) groups is 2. The van der Waals surface area contributed by atoms with Crippen molar-refractivity contribution in [2.75, 3.05) is 11.1 Å². The van der Waals surface area contributed by atoms with Crippen LogP contribution >= 0.6 is 11.8 Å². The molecule has 0 spiro atoms. The zero-order valence-electron chi connectivity index (χ0n) is 16.5. The third-order valence-corrected chi connectivity index (χ3v) is 5.43. The predicted octanol–water partition coefficient (Wildman–Crippen LogP) is 3.11. The minimum absolute atomic E-state index is 0.127. The highest BCUT2D eigenvalue weighted by Crippen LogP contribution is 2.17. The van der Waals surface area contributed by atoms with Crippen molar-refractivity contribution in [3.05, 3.63) is 60.4 Å². The minimum atomic E-state index is -0.400. The number of benzene rings is 1. The van der Waals surface area contributed by atoms with Gasteiger partial charge >= 0.3 is 0 Å². The number of amides is 2. The number of aromatic nitrogens is 3. The first-order valence-corrected chi connectivity index (χ1v) is 10.2. The van der Waals surface area contributed by atoms with Crippen molar-refractivity contribution in [2.45, 2.75) is 32.1 Å². The lowest BCUT2D eigenvalue weighted by Gasteiger charge is -2.16. The molecule has 0 aliphatic rings. The van der Waals surface area contributed by atoms with Gasteiger partial charge in [0.05, 0.1) is 23.4 Å². The number of aryl methyl sites for hydroxylation is 1. The summed E-state index contributed by atoms with van der Waals surface area (Å²) in [7, 11) is 0. The zero-order chi connectivity index (χ0) is 20.8. The number of hydrogen-bond acceptors (Lipinski definition) is 6. The molecule has 3 rings (SSSR count). The van der Waals surface area contributed by atoms with Gasteiger partial charge in [-0.25, -0.2) is 4.98 Å². The number of nitrogens with one attached hydrogen (secondary N) is 2. The van der Waals surface area contributed by atoms with Gasteiger partial charge in [0.2, 0.25) is 11.8 Å². The monoisotopic (exact) mass is 413 g/mol. The van der Waals surface area contributed by atoms with Gasteiger partial charge in [0.25, 0.3) is 0 Å². The van der Waals surface area contributed by atoms with Crippen LogP contribution < -0.4 is 10.6 Å². The molecule has 2 N–H and O–H groups in total. The van der Waals surface area contributed by atoms with Crippen molar-refractivity contribution in [1.29, 1.82) is 0 Å². The highest BCUT2D eigenvalue weighted by molar-refractivity contribution is 8.01. The standard InChI is InChI=1S/C20H23N5O3S/c1-13-10-18(24-28-13)23-20(27)15(3)29-11-19(26)22-14(2)16-4-6-17(7-5-16)25-9-8-21-12-25/h4-10,12,14-15H,11H2,1-3H3,(H,22,26)(H,23,24,27)/t14-,15+/m1/s1. The predicted molar refractivity (Wildman–Crippen MR) is 112 cm³/mol. The second-order valence-electron chi connectivity index (χ2n) is 6.62. The zero-order valence-corrected chi connectivity index (χ0v) is 17.3. The topological polar surface area (TPSA) is 102 Å². The highest BCUT2D eigenvalue weighted by Gasteiger charge is 2.18. The summed E-state index contributed by atoms with van der Waals surface area (Å²) >= 11 is 1.26. The molecule has 0 saturated carbocycles. The SMILES string of the molecule is Cc1cc(NC(=O)[C@H](C)SCC(=O)N[C@H](C)c2ccc(-n3ccnc3)cc2)no1. The van der Waals surface area contributed by atoms with E-state index in [-0.39, 0.29) is 23.6 Å². The average Bonchev–Trinajstić information content (AvgIpc) is 3.38. The molecule has 0 unspecified atom stereocenters. The van der Waals surface area contributed by atoms with E-state index in [1.165, 1.54) is 11.8 Å². The van der Waals surface area contributed by atoms with Crippen molar-refractivity contribution in [3.63, 3.8) is 0 Å². The fraction of sp³-hybridized carbons (Fsp3) is 0.300. The molecule has 0 aliphatic carbocycles. The summed E-state index contributed by atoms with van der Waals surface area (Å²) in [4.78, 5) is 28.5. The molecular formula is C20H23N5O3S. The Morgan fingerprint density at radius 3 is 2.62 bits per heavy atom. The molecule has 152 valence electrons. The second-order valence-corrected chi connectivity index (χ2v) is 7.95. The number of anilines is 1. The number of hydrogen-bond donors (Lipinski definition) is 2. The maximum Gasteiger partial charge on any atom is 0.238 e. The minimum Gasteiger partial charge on any atom is -0.360 e. The first kappa shape index (κ1) is 20.7. The van der Waals surface area contributed by atoms with Gasteiger partial charge in [-0.05, 0) is 38.5 Å². The number of nitrogens with zero attached hydrogens (tertiary/aromatic N) is 3. The fourth-order valence-electron chi connectivity index (χ4n) is 2.64. The van der Waals surface area contributed by atoms with E-state index < -0.39 is 5.25 Å². The second kappa shape index (κ2) is 9.42. The molecule has 2 heterocycles. The van der Waals surface area contributed by atoms with E-state index in [1.54, 1.807) is 32.4 Å². The lowest BCUT2D eigenvalue weighted by atomic mass is 10.1. The first-order chi connectivity index (χ1) is 13.9. The van der Waals surface area contributed by atoms with E-state index in [0.29, 0.717) is 11.6 Å². The number of rotatable bonds is 8. The van der Waals surface area contributed by atoms with Gasteiger partial charge in [-0.1, -0.05) is 17.3 Å². The summed E-state index contributed by atoms with van der Waals surface area (Å²) in [5.74, 6) is 0.825. The van der Waals surface area contributed by atoms with Crippen LogP contribution in [0.25, 0.3) is 5.69 Å². The molecule has 8 nitrogen and oxygen atoms in total. The molecule has 2 aromatic heterocycles. The Kier molecular flexibility index (Phi) is 6.71. The summed E-state index contributed by atoms with van der Waals surface area (Å²) in [6.07, 6.45) is 5.33. The van der Waals surface area contributed by atoms with Crippen molar-refractivity contribution in [1.82, 2.24) is 20.0 Å². The smallest absolute Gasteiger partial charge is 0.238 e. The Labute approximate surface area is 173 Å². The van der Waals surface area contributed by atoms with Crippen LogP contribution in [0.2, 0.25) is 0 Å². The average molecular weight is 414 g/mol. The van der Waals surface area contributed by atoms with E-state index in [2.05, 4.69) is 20.8 Å². The van der Waals surface area contributed by atoms with Gasteiger partial charge in [-0.3, -0.25) is 9.59 Å². The Morgan fingerprint density at radius 2 is 2.00 bits per heavy atom. The van der Waals surface area contributed by atoms with E-state index in [1.807, 2.05) is 42.0 Å². The van der Waals surface area contributed by atoms with Crippen molar-refractivity contribution in [2.24, 2.45) is 0 Å². The van der Waals surface area contributed by atoms with Gasteiger partial charge < -0.3 is 19.7 Å².